The second-order valence-corrected chi connectivity index (χ2v) is 5.53. The van der Waals surface area contributed by atoms with Crippen molar-refractivity contribution in [3.8, 4) is 0 Å². The Labute approximate surface area is 115 Å². The summed E-state index contributed by atoms with van der Waals surface area (Å²) in [4.78, 5) is 0. The Balaban J connectivity index is 1.91. The van der Waals surface area contributed by atoms with Crippen LogP contribution in [0.15, 0.2) is 54.6 Å². The maximum Gasteiger partial charge on any atom is 0.00326 e. The van der Waals surface area contributed by atoms with E-state index in [1.165, 1.54) is 23.1 Å². The zero-order chi connectivity index (χ0) is 13.1. The first-order chi connectivity index (χ1) is 9.34. The molecule has 1 nitrogen and oxygen atoms in total. The van der Waals surface area contributed by atoms with Crippen molar-refractivity contribution in [3.63, 3.8) is 0 Å². The van der Waals surface area contributed by atoms with Crippen LogP contribution in [0.5, 0.6) is 0 Å². The first-order valence-electron chi connectivity index (χ1n) is 7.17. The summed E-state index contributed by atoms with van der Waals surface area (Å²) >= 11 is 0. The lowest BCUT2D eigenvalue weighted by Gasteiger charge is -2.33. The van der Waals surface area contributed by atoms with Crippen LogP contribution in [0, 0.1) is 6.92 Å². The Morgan fingerprint density at radius 3 is 2.26 bits per heavy atom. The Morgan fingerprint density at radius 2 is 1.53 bits per heavy atom. The van der Waals surface area contributed by atoms with E-state index in [2.05, 4.69) is 66.8 Å². The second-order valence-electron chi connectivity index (χ2n) is 5.53. The Bertz CT molecular complexity index is 515. The zero-order valence-corrected chi connectivity index (χ0v) is 11.5. The van der Waals surface area contributed by atoms with Crippen LogP contribution in [0.2, 0.25) is 0 Å². The van der Waals surface area contributed by atoms with Crippen LogP contribution in [0.4, 0.5) is 0 Å². The fraction of sp³-hybridized carbons (Fsp3) is 0.333. The molecule has 19 heavy (non-hydrogen) atoms. The summed E-state index contributed by atoms with van der Waals surface area (Å²) in [5.41, 5.74) is 4.29. The number of benzene rings is 2. The highest BCUT2D eigenvalue weighted by Gasteiger charge is 2.27. The van der Waals surface area contributed by atoms with Gasteiger partial charge in [-0.2, -0.15) is 0 Å². The zero-order valence-electron chi connectivity index (χ0n) is 11.5. The van der Waals surface area contributed by atoms with Crippen LogP contribution in [-0.2, 0) is 0 Å². The first kappa shape index (κ1) is 12.4. The molecular formula is C18H21N. The lowest BCUT2D eigenvalue weighted by atomic mass is 9.77. The molecule has 0 aromatic heterocycles. The van der Waals surface area contributed by atoms with Gasteiger partial charge in [-0.05, 0) is 36.9 Å². The number of hydrogen-bond donors (Lipinski definition) is 1. The number of aryl methyl sites for hydroxylation is 1. The SMILES string of the molecule is Cc1ccc([C@@H]2CCNC[C@@H]2c2ccccc2)cc1. The van der Waals surface area contributed by atoms with Gasteiger partial charge in [-0.3, -0.25) is 0 Å². The second kappa shape index (κ2) is 5.58. The van der Waals surface area contributed by atoms with E-state index in [9.17, 15) is 0 Å². The number of rotatable bonds is 2. The van der Waals surface area contributed by atoms with Gasteiger partial charge in [0.1, 0.15) is 0 Å². The summed E-state index contributed by atoms with van der Waals surface area (Å²) in [6.07, 6.45) is 1.22. The number of nitrogens with one attached hydrogen (secondary N) is 1. The van der Waals surface area contributed by atoms with E-state index in [1.54, 1.807) is 0 Å². The predicted molar refractivity (Wildman–Crippen MR) is 80.6 cm³/mol. The van der Waals surface area contributed by atoms with E-state index >= 15 is 0 Å². The maximum atomic E-state index is 3.54. The third kappa shape index (κ3) is 2.71. The third-order valence-electron chi connectivity index (χ3n) is 4.22. The Hall–Kier alpha value is -1.60. The van der Waals surface area contributed by atoms with Crippen LogP contribution in [0.25, 0.3) is 0 Å². The van der Waals surface area contributed by atoms with Crippen molar-refractivity contribution < 1.29 is 0 Å². The van der Waals surface area contributed by atoms with Crippen LogP contribution in [-0.4, -0.2) is 13.1 Å². The average molecular weight is 251 g/mol. The van der Waals surface area contributed by atoms with Crippen molar-refractivity contribution in [3.05, 3.63) is 71.3 Å². The molecule has 1 N–H and O–H groups in total. The molecule has 0 unspecified atom stereocenters. The Morgan fingerprint density at radius 1 is 0.842 bits per heavy atom. The standard InChI is InChI=1S/C18H21N/c1-14-7-9-16(10-8-14)17-11-12-19-13-18(17)15-5-3-2-4-6-15/h2-10,17-19H,11-13H2,1H3/t17-,18+/m0/s1. The largest absolute Gasteiger partial charge is 0.316 e. The molecule has 2 aromatic rings. The fourth-order valence-electron chi connectivity index (χ4n) is 3.12. The lowest BCUT2D eigenvalue weighted by molar-refractivity contribution is 0.404. The van der Waals surface area contributed by atoms with E-state index in [0.29, 0.717) is 11.8 Å². The lowest BCUT2D eigenvalue weighted by Crippen LogP contribution is -2.33. The fourth-order valence-corrected chi connectivity index (χ4v) is 3.12. The van der Waals surface area contributed by atoms with Crippen molar-refractivity contribution in [2.24, 2.45) is 0 Å². The minimum absolute atomic E-state index is 0.595. The highest BCUT2D eigenvalue weighted by atomic mass is 14.9. The molecule has 1 saturated heterocycles. The van der Waals surface area contributed by atoms with Gasteiger partial charge in [-0.25, -0.2) is 0 Å². The molecule has 1 aliphatic heterocycles. The molecule has 2 aromatic carbocycles. The topological polar surface area (TPSA) is 12.0 Å². The van der Waals surface area contributed by atoms with Crippen molar-refractivity contribution in [2.75, 3.05) is 13.1 Å². The van der Waals surface area contributed by atoms with Crippen molar-refractivity contribution in [1.29, 1.82) is 0 Å². The van der Waals surface area contributed by atoms with Gasteiger partial charge in [0, 0.05) is 12.5 Å². The minimum Gasteiger partial charge on any atom is -0.316 e. The van der Waals surface area contributed by atoms with Gasteiger partial charge >= 0.3 is 0 Å². The monoisotopic (exact) mass is 251 g/mol. The molecule has 0 bridgehead atoms. The average Bonchev–Trinajstić information content (AvgIpc) is 2.49. The summed E-state index contributed by atoms with van der Waals surface area (Å²) in [5.74, 6) is 1.24. The molecule has 2 atom stereocenters. The summed E-state index contributed by atoms with van der Waals surface area (Å²) in [6.45, 7) is 4.37. The van der Waals surface area contributed by atoms with Crippen molar-refractivity contribution in [1.82, 2.24) is 5.32 Å². The molecule has 1 aliphatic rings. The first-order valence-corrected chi connectivity index (χ1v) is 7.17. The van der Waals surface area contributed by atoms with Crippen LogP contribution in [0.1, 0.15) is 34.9 Å². The smallest absolute Gasteiger partial charge is 0.00326 e. The number of piperidine rings is 1. The van der Waals surface area contributed by atoms with Gasteiger partial charge in [0.15, 0.2) is 0 Å². The van der Waals surface area contributed by atoms with Crippen molar-refractivity contribution >= 4 is 0 Å². The summed E-state index contributed by atoms with van der Waals surface area (Å²) in [6, 6.07) is 20.0. The quantitative estimate of drug-likeness (QED) is 0.854. The molecule has 0 amide bonds. The summed E-state index contributed by atoms with van der Waals surface area (Å²) in [7, 11) is 0. The molecular weight excluding hydrogens is 230 g/mol. The van der Waals surface area contributed by atoms with Gasteiger partial charge in [0.05, 0.1) is 0 Å². The van der Waals surface area contributed by atoms with Crippen LogP contribution in [0.3, 0.4) is 0 Å². The summed E-state index contributed by atoms with van der Waals surface area (Å²) < 4.78 is 0. The van der Waals surface area contributed by atoms with E-state index in [4.69, 9.17) is 0 Å². The van der Waals surface area contributed by atoms with E-state index in [1.807, 2.05) is 0 Å². The molecule has 1 fully saturated rings. The van der Waals surface area contributed by atoms with Crippen LogP contribution < -0.4 is 5.32 Å². The van der Waals surface area contributed by atoms with Gasteiger partial charge in [-0.1, -0.05) is 60.2 Å². The molecule has 0 spiro atoms. The predicted octanol–water partition coefficient (Wildman–Crippen LogP) is 3.86. The minimum atomic E-state index is 0.595. The van der Waals surface area contributed by atoms with E-state index < -0.39 is 0 Å². The third-order valence-corrected chi connectivity index (χ3v) is 4.22. The highest BCUT2D eigenvalue weighted by Crippen LogP contribution is 2.37. The molecule has 1 heteroatoms. The van der Waals surface area contributed by atoms with E-state index in [0.717, 1.165) is 13.1 Å². The molecule has 0 radical (unpaired) electrons. The molecule has 0 saturated carbocycles. The van der Waals surface area contributed by atoms with Gasteiger partial charge < -0.3 is 5.32 Å². The van der Waals surface area contributed by atoms with Crippen LogP contribution >= 0.6 is 0 Å². The maximum absolute atomic E-state index is 3.54. The Kier molecular flexibility index (Phi) is 3.65. The molecule has 98 valence electrons. The van der Waals surface area contributed by atoms with Gasteiger partial charge in [-0.15, -0.1) is 0 Å². The molecule has 1 heterocycles. The van der Waals surface area contributed by atoms with Gasteiger partial charge in [0.2, 0.25) is 0 Å². The normalized spacial score (nSPS) is 23.2. The molecule has 0 aliphatic carbocycles. The highest BCUT2D eigenvalue weighted by molar-refractivity contribution is 5.31. The summed E-state index contributed by atoms with van der Waals surface area (Å²) in [5, 5.41) is 3.54. The molecule has 3 rings (SSSR count). The van der Waals surface area contributed by atoms with Crippen molar-refractivity contribution in [2.45, 2.75) is 25.2 Å². The van der Waals surface area contributed by atoms with E-state index in [-0.39, 0.29) is 0 Å². The van der Waals surface area contributed by atoms with Gasteiger partial charge in [0.25, 0.3) is 0 Å². The number of hydrogen-bond acceptors (Lipinski definition) is 1.